The second kappa shape index (κ2) is 9.13. The highest BCUT2D eigenvalue weighted by Crippen LogP contribution is 2.29. The number of fused-ring (bicyclic) bond motifs is 1. The molecular weight excluding hydrogens is 432 g/mol. The zero-order chi connectivity index (χ0) is 21.8. The summed E-state index contributed by atoms with van der Waals surface area (Å²) in [5.74, 6) is -0.208. The number of nitrogens with zero attached hydrogens (tertiary/aromatic N) is 3. The monoisotopic (exact) mass is 452 g/mol. The topological polar surface area (TPSA) is 87.8 Å². The first kappa shape index (κ1) is 21.4. The number of nitrogens with one attached hydrogen (secondary N) is 1. The van der Waals surface area contributed by atoms with Gasteiger partial charge in [0.15, 0.2) is 5.16 Å². The van der Waals surface area contributed by atoms with Crippen molar-refractivity contribution in [1.29, 1.82) is 5.26 Å². The maximum atomic E-state index is 13.3. The quantitative estimate of drug-likeness (QED) is 0.455. The van der Waals surface area contributed by atoms with Gasteiger partial charge in [-0.05, 0) is 37.1 Å². The van der Waals surface area contributed by atoms with Gasteiger partial charge in [0.25, 0.3) is 5.56 Å². The van der Waals surface area contributed by atoms with Crippen molar-refractivity contribution < 1.29 is 4.79 Å². The van der Waals surface area contributed by atoms with Crippen molar-refractivity contribution in [3.8, 4) is 11.8 Å². The number of hydrogen-bond donors (Lipinski definition) is 1. The molecule has 0 unspecified atom stereocenters. The molecule has 0 bridgehead atoms. The Bertz CT molecular complexity index is 1230. The van der Waals surface area contributed by atoms with Gasteiger partial charge in [-0.15, -0.1) is 0 Å². The van der Waals surface area contributed by atoms with E-state index in [0.717, 1.165) is 31.0 Å². The van der Waals surface area contributed by atoms with Crippen molar-refractivity contribution in [2.45, 2.75) is 42.8 Å². The molecule has 1 aromatic heterocycles. The minimum Gasteiger partial charge on any atom is -0.337 e. The molecule has 1 N–H and O–H groups in total. The zero-order valence-electron chi connectivity index (χ0n) is 16.8. The fraction of sp³-hybridized carbons (Fsp3) is 0.304. The summed E-state index contributed by atoms with van der Waals surface area (Å²) < 4.78 is 1.45. The van der Waals surface area contributed by atoms with E-state index in [2.05, 4.69) is 16.4 Å². The van der Waals surface area contributed by atoms with E-state index in [-0.39, 0.29) is 17.2 Å². The van der Waals surface area contributed by atoms with Gasteiger partial charge in [-0.3, -0.25) is 14.2 Å². The average molecular weight is 453 g/mol. The van der Waals surface area contributed by atoms with Gasteiger partial charge < -0.3 is 5.32 Å². The summed E-state index contributed by atoms with van der Waals surface area (Å²) >= 11 is 7.53. The van der Waals surface area contributed by atoms with E-state index in [1.54, 1.807) is 42.5 Å². The number of rotatable bonds is 5. The Morgan fingerprint density at radius 2 is 1.87 bits per heavy atom. The molecule has 1 saturated carbocycles. The molecule has 0 aliphatic heterocycles. The normalized spacial score (nSPS) is 15.4. The molecule has 6 nitrogen and oxygen atoms in total. The van der Waals surface area contributed by atoms with Crippen LogP contribution in [0.15, 0.2) is 58.5 Å². The van der Waals surface area contributed by atoms with Crippen molar-refractivity contribution in [3.05, 3.63) is 63.9 Å². The third-order valence-corrected chi connectivity index (χ3v) is 6.73. The predicted molar refractivity (Wildman–Crippen MR) is 123 cm³/mol. The number of halogens is 1. The van der Waals surface area contributed by atoms with Gasteiger partial charge in [0.2, 0.25) is 5.91 Å². The predicted octanol–water partition coefficient (Wildman–Crippen LogP) is 4.47. The van der Waals surface area contributed by atoms with Gasteiger partial charge in [-0.1, -0.05) is 66.9 Å². The van der Waals surface area contributed by atoms with Crippen LogP contribution in [0.3, 0.4) is 0 Å². The molecule has 1 amide bonds. The number of benzene rings is 2. The molecule has 0 spiro atoms. The molecule has 1 aliphatic carbocycles. The zero-order valence-corrected chi connectivity index (χ0v) is 18.4. The molecule has 1 aliphatic rings. The summed E-state index contributed by atoms with van der Waals surface area (Å²) in [5.41, 5.74) is 0.0211. The van der Waals surface area contributed by atoms with E-state index in [1.807, 2.05) is 6.07 Å². The van der Waals surface area contributed by atoms with Crippen LogP contribution in [0.5, 0.6) is 0 Å². The maximum Gasteiger partial charge on any atom is 0.266 e. The molecule has 0 radical (unpaired) electrons. The van der Waals surface area contributed by atoms with Gasteiger partial charge in [0, 0.05) is 0 Å². The van der Waals surface area contributed by atoms with Gasteiger partial charge in [-0.2, -0.15) is 5.26 Å². The minimum absolute atomic E-state index is 0.0403. The SMILES string of the molecule is N#CC1(NC(=O)CSc2nc3ccccc3c(=O)n2-c2ccccc2Cl)CCCCC1. The molecule has 0 atom stereocenters. The Balaban J connectivity index is 1.66. The third-order valence-electron chi connectivity index (χ3n) is 5.47. The second-order valence-electron chi connectivity index (χ2n) is 7.59. The summed E-state index contributed by atoms with van der Waals surface area (Å²) in [6.07, 6.45) is 4.27. The summed E-state index contributed by atoms with van der Waals surface area (Å²) in [4.78, 5) is 30.6. The van der Waals surface area contributed by atoms with E-state index in [4.69, 9.17) is 11.6 Å². The van der Waals surface area contributed by atoms with Crippen LogP contribution in [-0.2, 0) is 4.79 Å². The lowest BCUT2D eigenvalue weighted by molar-refractivity contribution is -0.120. The molecule has 31 heavy (non-hydrogen) atoms. The van der Waals surface area contributed by atoms with Crippen LogP contribution in [0.4, 0.5) is 0 Å². The van der Waals surface area contributed by atoms with Crippen LogP contribution in [-0.4, -0.2) is 26.8 Å². The molecule has 1 heterocycles. The first-order valence-electron chi connectivity index (χ1n) is 10.1. The minimum atomic E-state index is -0.797. The van der Waals surface area contributed by atoms with Crippen LogP contribution >= 0.6 is 23.4 Å². The number of carbonyl (C=O) groups excluding carboxylic acids is 1. The largest absolute Gasteiger partial charge is 0.337 e. The van der Waals surface area contributed by atoms with Gasteiger partial charge in [0.05, 0.1) is 33.4 Å². The first-order chi connectivity index (χ1) is 15.0. The first-order valence-corrected chi connectivity index (χ1v) is 11.5. The molecule has 8 heteroatoms. The summed E-state index contributed by atoms with van der Waals surface area (Å²) in [7, 11) is 0. The van der Waals surface area contributed by atoms with Crippen molar-refractivity contribution in [2.75, 3.05) is 5.75 Å². The van der Waals surface area contributed by atoms with Crippen LogP contribution in [0, 0.1) is 11.3 Å². The fourth-order valence-electron chi connectivity index (χ4n) is 3.91. The number of carbonyl (C=O) groups is 1. The van der Waals surface area contributed by atoms with E-state index < -0.39 is 5.54 Å². The van der Waals surface area contributed by atoms with Gasteiger partial charge in [-0.25, -0.2) is 4.98 Å². The number of hydrogen-bond acceptors (Lipinski definition) is 5. The number of para-hydroxylation sites is 2. The van der Waals surface area contributed by atoms with Gasteiger partial charge in [0.1, 0.15) is 5.54 Å². The van der Waals surface area contributed by atoms with Crippen molar-refractivity contribution in [1.82, 2.24) is 14.9 Å². The highest BCUT2D eigenvalue weighted by molar-refractivity contribution is 7.99. The molecule has 158 valence electrons. The molecule has 1 fully saturated rings. The standard InChI is InChI=1S/C23H21ClN4O2S/c24-17-9-3-5-11-19(17)28-21(30)16-8-2-4-10-18(16)26-22(28)31-14-20(29)27-23(15-25)12-6-1-7-13-23/h2-5,8-11H,1,6-7,12-14H2,(H,27,29). The number of nitriles is 1. The lowest BCUT2D eigenvalue weighted by Crippen LogP contribution is -2.49. The molecule has 3 aromatic rings. The van der Waals surface area contributed by atoms with E-state index in [9.17, 15) is 14.9 Å². The number of thioether (sulfide) groups is 1. The van der Waals surface area contributed by atoms with E-state index >= 15 is 0 Å². The number of amides is 1. The molecule has 2 aromatic carbocycles. The molecule has 0 saturated heterocycles. The second-order valence-corrected chi connectivity index (χ2v) is 8.94. The Morgan fingerprint density at radius 3 is 2.61 bits per heavy atom. The van der Waals surface area contributed by atoms with Crippen LogP contribution < -0.4 is 10.9 Å². The van der Waals surface area contributed by atoms with Crippen LogP contribution in [0.2, 0.25) is 5.02 Å². The highest BCUT2D eigenvalue weighted by Gasteiger charge is 2.33. The number of aromatic nitrogens is 2. The van der Waals surface area contributed by atoms with Gasteiger partial charge >= 0.3 is 0 Å². The lowest BCUT2D eigenvalue weighted by atomic mass is 9.83. The molecular formula is C23H21ClN4O2S. The lowest BCUT2D eigenvalue weighted by Gasteiger charge is -2.31. The van der Waals surface area contributed by atoms with E-state index in [1.165, 1.54) is 4.57 Å². The van der Waals surface area contributed by atoms with Crippen LogP contribution in [0.25, 0.3) is 16.6 Å². The summed E-state index contributed by atoms with van der Waals surface area (Å²) in [5, 5.41) is 13.8. The summed E-state index contributed by atoms with van der Waals surface area (Å²) in [6, 6.07) is 16.4. The fourth-order valence-corrected chi connectivity index (χ4v) is 4.93. The Labute approximate surface area is 189 Å². The van der Waals surface area contributed by atoms with E-state index in [0.29, 0.717) is 39.6 Å². The Hall–Kier alpha value is -2.82. The average Bonchev–Trinajstić information content (AvgIpc) is 2.79. The van der Waals surface area contributed by atoms with Crippen molar-refractivity contribution >= 4 is 40.2 Å². The highest BCUT2D eigenvalue weighted by atomic mass is 35.5. The Morgan fingerprint density at radius 1 is 1.16 bits per heavy atom. The Kier molecular flexibility index (Phi) is 6.30. The smallest absolute Gasteiger partial charge is 0.266 e. The summed E-state index contributed by atoms with van der Waals surface area (Å²) in [6.45, 7) is 0. The third kappa shape index (κ3) is 4.46. The van der Waals surface area contributed by atoms with Crippen molar-refractivity contribution in [2.24, 2.45) is 0 Å². The maximum absolute atomic E-state index is 13.3. The molecule has 4 rings (SSSR count). The van der Waals surface area contributed by atoms with Crippen molar-refractivity contribution in [3.63, 3.8) is 0 Å². The van der Waals surface area contributed by atoms with Crippen LogP contribution in [0.1, 0.15) is 32.1 Å².